The average Bonchev–Trinajstić information content (AvgIpc) is 2.92. The van der Waals surface area contributed by atoms with Gasteiger partial charge in [0.25, 0.3) is 0 Å². The van der Waals surface area contributed by atoms with E-state index in [0.717, 1.165) is 17.3 Å². The van der Waals surface area contributed by atoms with E-state index in [-0.39, 0.29) is 24.0 Å². The first-order chi connectivity index (χ1) is 10.3. The summed E-state index contributed by atoms with van der Waals surface area (Å²) in [5.74, 6) is 3.13. The standard InChI is InChI=1S/C17H18O4/c1-18-10-4-6-13-15(7-10)20-9-14-12-5-3-11(19-2)8-16(12)21-17(13)14/h3-8,10,13-14,17H,9H2,1-2H3/t10-,13+,14-,17-/m1/s1. The molecule has 21 heavy (non-hydrogen) atoms. The SMILES string of the molecule is COc1ccc2c(c1)O[C@H]1[C@@H]2COC2=C[C@H](OC)C=C[C@@H]21. The van der Waals surface area contributed by atoms with Crippen molar-refractivity contribution in [3.8, 4) is 11.5 Å². The molecule has 2 aliphatic heterocycles. The maximum Gasteiger partial charge on any atom is 0.127 e. The quantitative estimate of drug-likeness (QED) is 0.783. The Labute approximate surface area is 124 Å². The van der Waals surface area contributed by atoms with Crippen LogP contribution in [0.25, 0.3) is 0 Å². The largest absolute Gasteiger partial charge is 0.497 e. The molecule has 0 radical (unpaired) electrons. The molecule has 110 valence electrons. The van der Waals surface area contributed by atoms with E-state index in [9.17, 15) is 0 Å². The molecule has 1 fully saturated rings. The lowest BCUT2D eigenvalue weighted by atomic mass is 9.82. The number of fused-ring (bicyclic) bond motifs is 5. The predicted octanol–water partition coefficient (Wildman–Crippen LogP) is 2.65. The zero-order valence-electron chi connectivity index (χ0n) is 12.1. The number of methoxy groups -OCH3 is 2. The van der Waals surface area contributed by atoms with Crippen molar-refractivity contribution in [2.45, 2.75) is 18.1 Å². The van der Waals surface area contributed by atoms with E-state index in [0.29, 0.717) is 6.61 Å². The van der Waals surface area contributed by atoms with Crippen LogP contribution in [0.1, 0.15) is 11.5 Å². The first kappa shape index (κ1) is 12.8. The second kappa shape index (κ2) is 4.81. The van der Waals surface area contributed by atoms with Crippen LogP contribution in [0.4, 0.5) is 0 Å². The molecule has 0 spiro atoms. The lowest BCUT2D eigenvalue weighted by Crippen LogP contribution is -2.38. The fourth-order valence-corrected chi connectivity index (χ4v) is 3.36. The van der Waals surface area contributed by atoms with Crippen LogP contribution in [0.5, 0.6) is 11.5 Å². The number of hydrogen-bond donors (Lipinski definition) is 0. The second-order valence-corrected chi connectivity index (χ2v) is 5.58. The topological polar surface area (TPSA) is 36.9 Å². The Morgan fingerprint density at radius 3 is 2.90 bits per heavy atom. The van der Waals surface area contributed by atoms with Crippen LogP contribution in [0.3, 0.4) is 0 Å². The van der Waals surface area contributed by atoms with Crippen LogP contribution < -0.4 is 9.47 Å². The molecule has 0 N–H and O–H groups in total. The normalized spacial score (nSPS) is 32.2. The van der Waals surface area contributed by atoms with Crippen molar-refractivity contribution in [3.63, 3.8) is 0 Å². The van der Waals surface area contributed by atoms with E-state index in [1.165, 1.54) is 5.56 Å². The molecular weight excluding hydrogens is 268 g/mol. The van der Waals surface area contributed by atoms with E-state index < -0.39 is 0 Å². The molecule has 0 amide bonds. The van der Waals surface area contributed by atoms with Gasteiger partial charge in [-0.05, 0) is 12.1 Å². The van der Waals surface area contributed by atoms with Gasteiger partial charge in [-0.2, -0.15) is 0 Å². The molecule has 1 aromatic carbocycles. The molecule has 2 heterocycles. The van der Waals surface area contributed by atoms with E-state index in [1.807, 2.05) is 18.2 Å². The first-order valence-corrected chi connectivity index (χ1v) is 7.20. The zero-order valence-corrected chi connectivity index (χ0v) is 12.1. The number of hydrogen-bond acceptors (Lipinski definition) is 4. The average molecular weight is 286 g/mol. The van der Waals surface area contributed by atoms with Gasteiger partial charge in [-0.3, -0.25) is 0 Å². The number of rotatable bonds is 2. The maximum absolute atomic E-state index is 6.20. The third-order valence-corrected chi connectivity index (χ3v) is 4.50. The van der Waals surface area contributed by atoms with Gasteiger partial charge in [-0.25, -0.2) is 0 Å². The highest BCUT2D eigenvalue weighted by Gasteiger charge is 2.45. The fraction of sp³-hybridized carbons (Fsp3) is 0.412. The zero-order chi connectivity index (χ0) is 14.4. The Morgan fingerprint density at radius 2 is 2.10 bits per heavy atom. The van der Waals surface area contributed by atoms with Gasteiger partial charge >= 0.3 is 0 Å². The van der Waals surface area contributed by atoms with Crippen LogP contribution >= 0.6 is 0 Å². The summed E-state index contributed by atoms with van der Waals surface area (Å²) in [4.78, 5) is 0. The molecule has 0 aromatic heterocycles. The highest BCUT2D eigenvalue weighted by atomic mass is 16.5. The molecule has 1 saturated heterocycles. The second-order valence-electron chi connectivity index (χ2n) is 5.58. The lowest BCUT2D eigenvalue weighted by Gasteiger charge is -2.35. The fourth-order valence-electron chi connectivity index (χ4n) is 3.36. The van der Waals surface area contributed by atoms with Crippen molar-refractivity contribution in [2.24, 2.45) is 5.92 Å². The Kier molecular flexibility index (Phi) is 2.93. The Bertz CT molecular complexity index is 619. The lowest BCUT2D eigenvalue weighted by molar-refractivity contribution is 0.0353. The smallest absolute Gasteiger partial charge is 0.127 e. The van der Waals surface area contributed by atoms with Crippen molar-refractivity contribution in [3.05, 3.63) is 47.7 Å². The van der Waals surface area contributed by atoms with Gasteiger partial charge in [-0.1, -0.05) is 18.2 Å². The molecule has 0 bridgehead atoms. The van der Waals surface area contributed by atoms with Crippen molar-refractivity contribution in [2.75, 3.05) is 20.8 Å². The van der Waals surface area contributed by atoms with Crippen LogP contribution in [-0.4, -0.2) is 33.0 Å². The van der Waals surface area contributed by atoms with Crippen molar-refractivity contribution >= 4 is 0 Å². The third kappa shape index (κ3) is 1.94. The number of ether oxygens (including phenoxy) is 4. The molecule has 3 aliphatic rings. The molecule has 4 atom stereocenters. The maximum atomic E-state index is 6.20. The van der Waals surface area contributed by atoms with E-state index in [2.05, 4.69) is 18.2 Å². The van der Waals surface area contributed by atoms with Crippen molar-refractivity contribution in [1.82, 2.24) is 0 Å². The van der Waals surface area contributed by atoms with E-state index in [4.69, 9.17) is 18.9 Å². The highest BCUT2D eigenvalue weighted by Crippen LogP contribution is 2.48. The van der Waals surface area contributed by atoms with Crippen LogP contribution in [0, 0.1) is 5.92 Å². The Balaban J connectivity index is 1.65. The van der Waals surface area contributed by atoms with E-state index in [1.54, 1.807) is 14.2 Å². The van der Waals surface area contributed by atoms with Crippen LogP contribution in [0.2, 0.25) is 0 Å². The monoisotopic (exact) mass is 286 g/mol. The summed E-state index contributed by atoms with van der Waals surface area (Å²) in [6.45, 7) is 0.649. The molecule has 0 saturated carbocycles. The summed E-state index contributed by atoms with van der Waals surface area (Å²) in [6, 6.07) is 6.02. The highest BCUT2D eigenvalue weighted by molar-refractivity contribution is 5.48. The first-order valence-electron chi connectivity index (χ1n) is 7.20. The van der Waals surface area contributed by atoms with Gasteiger partial charge < -0.3 is 18.9 Å². The van der Waals surface area contributed by atoms with Crippen molar-refractivity contribution < 1.29 is 18.9 Å². The van der Waals surface area contributed by atoms with Gasteiger partial charge in [0.2, 0.25) is 0 Å². The molecule has 1 aliphatic carbocycles. The van der Waals surface area contributed by atoms with Crippen molar-refractivity contribution in [1.29, 1.82) is 0 Å². The Morgan fingerprint density at radius 1 is 1.19 bits per heavy atom. The summed E-state index contributed by atoms with van der Waals surface area (Å²) < 4.78 is 22.8. The van der Waals surface area contributed by atoms with Crippen LogP contribution in [0.15, 0.2) is 42.2 Å². The summed E-state index contributed by atoms with van der Waals surface area (Å²) in [6.07, 6.45) is 6.34. The van der Waals surface area contributed by atoms with E-state index >= 15 is 0 Å². The van der Waals surface area contributed by atoms with Crippen LogP contribution in [-0.2, 0) is 9.47 Å². The van der Waals surface area contributed by atoms with Gasteiger partial charge in [0, 0.05) is 18.7 Å². The molecule has 1 aromatic rings. The Hall–Kier alpha value is -1.94. The summed E-state index contributed by atoms with van der Waals surface area (Å²) >= 11 is 0. The minimum Gasteiger partial charge on any atom is -0.497 e. The minimum absolute atomic E-state index is 0.00308. The van der Waals surface area contributed by atoms with Gasteiger partial charge in [0.1, 0.15) is 23.4 Å². The molecule has 4 rings (SSSR count). The van der Waals surface area contributed by atoms with Gasteiger partial charge in [0.15, 0.2) is 0 Å². The minimum atomic E-state index is -0.00308. The summed E-state index contributed by atoms with van der Waals surface area (Å²) in [7, 11) is 3.37. The third-order valence-electron chi connectivity index (χ3n) is 4.50. The summed E-state index contributed by atoms with van der Waals surface area (Å²) in [5.41, 5.74) is 1.21. The van der Waals surface area contributed by atoms with Gasteiger partial charge in [-0.15, -0.1) is 0 Å². The molecule has 4 heteroatoms. The van der Waals surface area contributed by atoms with Gasteiger partial charge in [0.05, 0.1) is 31.7 Å². The predicted molar refractivity (Wildman–Crippen MR) is 77.6 cm³/mol. The summed E-state index contributed by atoms with van der Waals surface area (Å²) in [5, 5.41) is 0. The molecule has 4 nitrogen and oxygen atoms in total. The molecular formula is C17H18O4. The molecule has 0 unspecified atom stereocenters. The number of benzene rings is 1.